The summed E-state index contributed by atoms with van der Waals surface area (Å²) in [7, 11) is 0. The summed E-state index contributed by atoms with van der Waals surface area (Å²) in [6, 6.07) is 6.18. The zero-order valence-electron chi connectivity index (χ0n) is 13.3. The Morgan fingerprint density at radius 3 is 2.42 bits per heavy atom. The van der Waals surface area contributed by atoms with Crippen molar-refractivity contribution < 1.29 is 27.5 Å². The monoisotopic (exact) mass is 363 g/mol. The molecule has 3 rings (SSSR count). The summed E-state index contributed by atoms with van der Waals surface area (Å²) < 4.78 is 43.2. The number of carboxylic acids is 1. The van der Waals surface area contributed by atoms with Crippen molar-refractivity contribution in [2.24, 2.45) is 0 Å². The summed E-state index contributed by atoms with van der Waals surface area (Å²) >= 11 is 0. The minimum absolute atomic E-state index is 0.0617. The van der Waals surface area contributed by atoms with Gasteiger partial charge in [-0.3, -0.25) is 0 Å². The van der Waals surface area contributed by atoms with Crippen LogP contribution in [0.5, 0.6) is 0 Å². The molecule has 9 heteroatoms. The van der Waals surface area contributed by atoms with Gasteiger partial charge in [-0.1, -0.05) is 12.1 Å². The van der Waals surface area contributed by atoms with Crippen LogP contribution in [0.3, 0.4) is 0 Å². The number of benzene rings is 1. The molecule has 0 aliphatic carbocycles. The number of hydrogen-bond donors (Lipinski definition) is 2. The third kappa shape index (κ3) is 3.66. The van der Waals surface area contributed by atoms with E-state index in [1.165, 1.54) is 24.5 Å². The maximum absolute atomic E-state index is 12.6. The molecule has 26 heavy (non-hydrogen) atoms. The van der Waals surface area contributed by atoms with Crippen LogP contribution in [-0.4, -0.2) is 21.0 Å². The largest absolute Gasteiger partial charge is 0.477 e. The first-order valence-corrected chi connectivity index (χ1v) is 7.34. The number of oxazole rings is 1. The van der Waals surface area contributed by atoms with Crippen molar-refractivity contribution in [1.29, 1.82) is 0 Å². The van der Waals surface area contributed by atoms with Crippen LogP contribution in [0, 0.1) is 6.92 Å². The number of carboxylic acid groups (broad SMARTS) is 1. The highest BCUT2D eigenvalue weighted by Gasteiger charge is 2.30. The van der Waals surface area contributed by atoms with Crippen molar-refractivity contribution in [3.05, 3.63) is 59.5 Å². The lowest BCUT2D eigenvalue weighted by Gasteiger charge is -2.06. The molecule has 0 saturated heterocycles. The number of rotatable bonds is 4. The second-order valence-electron chi connectivity index (χ2n) is 5.42. The SMILES string of the molecule is Cc1cc(Nc2ncc(-c3ccc(C(F)(F)F)cc3)o2)cnc1C(=O)O. The smallest absolute Gasteiger partial charge is 0.416 e. The predicted molar refractivity (Wildman–Crippen MR) is 86.2 cm³/mol. The van der Waals surface area contributed by atoms with Gasteiger partial charge in [-0.05, 0) is 30.7 Å². The van der Waals surface area contributed by atoms with Gasteiger partial charge in [0.15, 0.2) is 11.5 Å². The van der Waals surface area contributed by atoms with Gasteiger partial charge in [-0.2, -0.15) is 13.2 Å². The second kappa shape index (κ2) is 6.51. The Morgan fingerprint density at radius 1 is 1.15 bits per heavy atom. The third-order valence-corrected chi connectivity index (χ3v) is 3.53. The lowest BCUT2D eigenvalue weighted by molar-refractivity contribution is -0.137. The van der Waals surface area contributed by atoms with Gasteiger partial charge in [-0.15, -0.1) is 0 Å². The average molecular weight is 363 g/mol. The van der Waals surface area contributed by atoms with Gasteiger partial charge in [0.25, 0.3) is 6.01 Å². The number of anilines is 2. The molecular formula is C17H12F3N3O3. The third-order valence-electron chi connectivity index (χ3n) is 3.53. The first-order chi connectivity index (χ1) is 12.2. The number of nitrogens with zero attached hydrogens (tertiary/aromatic N) is 2. The summed E-state index contributed by atoms with van der Waals surface area (Å²) in [5.74, 6) is -0.845. The molecule has 6 nitrogen and oxygen atoms in total. The Bertz CT molecular complexity index is 950. The summed E-state index contributed by atoms with van der Waals surface area (Å²) in [5.41, 5.74) is 0.548. The van der Waals surface area contributed by atoms with E-state index < -0.39 is 17.7 Å². The van der Waals surface area contributed by atoms with E-state index >= 15 is 0 Å². The number of pyridine rings is 1. The van der Waals surface area contributed by atoms with Gasteiger partial charge in [0.05, 0.1) is 23.6 Å². The van der Waals surface area contributed by atoms with Gasteiger partial charge >= 0.3 is 12.1 Å². The number of hydrogen-bond acceptors (Lipinski definition) is 5. The Hall–Kier alpha value is -3.36. The van der Waals surface area contributed by atoms with Crippen LogP contribution >= 0.6 is 0 Å². The topological polar surface area (TPSA) is 88.3 Å². The van der Waals surface area contributed by atoms with Gasteiger partial charge in [0.1, 0.15) is 0 Å². The van der Waals surface area contributed by atoms with E-state index in [-0.39, 0.29) is 17.5 Å². The van der Waals surface area contributed by atoms with Crippen LogP contribution in [0.4, 0.5) is 24.9 Å². The highest BCUT2D eigenvalue weighted by molar-refractivity contribution is 5.87. The van der Waals surface area contributed by atoms with Crippen molar-refractivity contribution >= 4 is 17.7 Å². The molecule has 134 valence electrons. The van der Waals surface area contributed by atoms with E-state index in [9.17, 15) is 18.0 Å². The molecule has 2 heterocycles. The van der Waals surface area contributed by atoms with E-state index in [1.54, 1.807) is 13.0 Å². The van der Waals surface area contributed by atoms with Crippen LogP contribution in [0.1, 0.15) is 21.6 Å². The van der Waals surface area contributed by atoms with Gasteiger partial charge in [0.2, 0.25) is 0 Å². The van der Waals surface area contributed by atoms with Gasteiger partial charge in [-0.25, -0.2) is 14.8 Å². The van der Waals surface area contributed by atoms with Gasteiger partial charge < -0.3 is 14.8 Å². The number of aryl methyl sites for hydroxylation is 1. The zero-order chi connectivity index (χ0) is 18.9. The number of nitrogens with one attached hydrogen (secondary N) is 1. The highest BCUT2D eigenvalue weighted by Crippen LogP contribution is 2.31. The van der Waals surface area contributed by atoms with Crippen molar-refractivity contribution in [3.8, 4) is 11.3 Å². The van der Waals surface area contributed by atoms with Crippen LogP contribution in [0.2, 0.25) is 0 Å². The molecule has 3 aromatic rings. The Morgan fingerprint density at radius 2 is 1.85 bits per heavy atom. The molecule has 0 atom stereocenters. The fourth-order valence-corrected chi connectivity index (χ4v) is 2.28. The molecule has 0 amide bonds. The van der Waals surface area contributed by atoms with Crippen LogP contribution < -0.4 is 5.32 Å². The number of aromatic carboxylic acids is 1. The number of carbonyl (C=O) groups is 1. The Balaban J connectivity index is 1.78. The summed E-state index contributed by atoms with van der Waals surface area (Å²) in [6.07, 6.45) is -1.71. The summed E-state index contributed by atoms with van der Waals surface area (Å²) in [6.45, 7) is 1.60. The molecular weight excluding hydrogens is 351 g/mol. The minimum Gasteiger partial charge on any atom is -0.477 e. The predicted octanol–water partition coefficient (Wildman–Crippen LogP) is 4.51. The Kier molecular flexibility index (Phi) is 4.37. The fourth-order valence-electron chi connectivity index (χ4n) is 2.28. The van der Waals surface area contributed by atoms with E-state index in [4.69, 9.17) is 9.52 Å². The number of halogens is 3. The number of alkyl halides is 3. The first kappa shape index (κ1) is 17.5. The van der Waals surface area contributed by atoms with Crippen molar-refractivity contribution in [3.63, 3.8) is 0 Å². The molecule has 0 aliphatic heterocycles. The molecule has 2 aromatic heterocycles. The molecule has 0 aliphatic rings. The summed E-state index contributed by atoms with van der Waals surface area (Å²) in [4.78, 5) is 18.8. The summed E-state index contributed by atoms with van der Waals surface area (Å²) in [5, 5.41) is 11.8. The molecule has 0 spiro atoms. The number of aromatic nitrogens is 2. The van der Waals surface area contributed by atoms with Gasteiger partial charge in [0, 0.05) is 5.56 Å². The maximum atomic E-state index is 12.6. The molecule has 0 radical (unpaired) electrons. The fraction of sp³-hybridized carbons (Fsp3) is 0.118. The second-order valence-corrected chi connectivity index (χ2v) is 5.42. The lowest BCUT2D eigenvalue weighted by Crippen LogP contribution is -2.04. The van der Waals surface area contributed by atoms with E-state index in [1.807, 2.05) is 0 Å². The quantitative estimate of drug-likeness (QED) is 0.709. The Labute approximate surface area is 145 Å². The normalized spacial score (nSPS) is 11.4. The zero-order valence-corrected chi connectivity index (χ0v) is 13.3. The maximum Gasteiger partial charge on any atom is 0.416 e. The van der Waals surface area contributed by atoms with E-state index in [2.05, 4.69) is 15.3 Å². The first-order valence-electron chi connectivity index (χ1n) is 7.34. The molecule has 0 fully saturated rings. The van der Waals surface area contributed by atoms with Crippen LogP contribution in [-0.2, 0) is 6.18 Å². The lowest BCUT2D eigenvalue weighted by atomic mass is 10.1. The van der Waals surface area contributed by atoms with E-state index in [0.29, 0.717) is 16.8 Å². The van der Waals surface area contributed by atoms with Crippen molar-refractivity contribution in [2.75, 3.05) is 5.32 Å². The highest BCUT2D eigenvalue weighted by atomic mass is 19.4. The van der Waals surface area contributed by atoms with E-state index in [0.717, 1.165) is 12.1 Å². The molecule has 2 N–H and O–H groups in total. The molecule has 0 unspecified atom stereocenters. The molecule has 0 saturated carbocycles. The van der Waals surface area contributed by atoms with Crippen LogP contribution in [0.15, 0.2) is 47.1 Å². The standard InChI is InChI=1S/C17H12F3N3O3/c1-9-6-12(7-21-14(9)15(24)25)23-16-22-8-13(26-16)10-2-4-11(5-3-10)17(18,19)20/h2-8H,1H3,(H,22,23)(H,24,25). The van der Waals surface area contributed by atoms with Crippen LogP contribution in [0.25, 0.3) is 11.3 Å². The van der Waals surface area contributed by atoms with Crippen molar-refractivity contribution in [1.82, 2.24) is 9.97 Å². The van der Waals surface area contributed by atoms with Crippen molar-refractivity contribution in [2.45, 2.75) is 13.1 Å². The molecule has 1 aromatic carbocycles. The minimum atomic E-state index is -4.40. The molecule has 0 bridgehead atoms. The average Bonchev–Trinajstić information content (AvgIpc) is 3.02.